The number of aliphatic imine (C=N–C) groups is 1. The van der Waals surface area contributed by atoms with Crippen LogP contribution in [0.1, 0.15) is 40.2 Å². The van der Waals surface area contributed by atoms with Gasteiger partial charge < -0.3 is 21.1 Å². The molecular weight excluding hydrogens is 423 g/mol. The highest BCUT2D eigenvalue weighted by molar-refractivity contribution is 14.0. The number of nitrogens with one attached hydrogen (secondary N) is 3. The SMILES string of the molecule is CCNC(=NCC(C)(O)c1ccsc1)NCCNC(C)(C)C.I. The van der Waals surface area contributed by atoms with Gasteiger partial charge in [-0.1, -0.05) is 0 Å². The lowest BCUT2D eigenvalue weighted by Gasteiger charge is -2.22. The van der Waals surface area contributed by atoms with Crippen LogP contribution in [0.5, 0.6) is 0 Å². The summed E-state index contributed by atoms with van der Waals surface area (Å²) in [6.07, 6.45) is 0. The van der Waals surface area contributed by atoms with Gasteiger partial charge in [-0.2, -0.15) is 11.3 Å². The summed E-state index contributed by atoms with van der Waals surface area (Å²) >= 11 is 1.58. The minimum atomic E-state index is -0.938. The summed E-state index contributed by atoms with van der Waals surface area (Å²) in [5.41, 5.74) is 0.0812. The van der Waals surface area contributed by atoms with E-state index >= 15 is 0 Å². The van der Waals surface area contributed by atoms with Crippen LogP contribution < -0.4 is 16.0 Å². The molecule has 23 heavy (non-hydrogen) atoms. The summed E-state index contributed by atoms with van der Waals surface area (Å²) in [7, 11) is 0. The fourth-order valence-corrected chi connectivity index (χ4v) is 2.64. The van der Waals surface area contributed by atoms with Gasteiger partial charge in [-0.3, -0.25) is 0 Å². The highest BCUT2D eigenvalue weighted by Crippen LogP contribution is 2.23. The Morgan fingerprint density at radius 3 is 2.43 bits per heavy atom. The van der Waals surface area contributed by atoms with Crippen LogP contribution in [0.2, 0.25) is 0 Å². The normalized spacial score (nSPS) is 14.8. The topological polar surface area (TPSA) is 68.7 Å². The second-order valence-electron chi connectivity index (χ2n) is 6.58. The molecule has 4 N–H and O–H groups in total. The van der Waals surface area contributed by atoms with Crippen molar-refractivity contribution in [2.24, 2.45) is 4.99 Å². The molecular formula is C16H31IN4OS. The molecule has 1 aromatic heterocycles. The average Bonchev–Trinajstić information content (AvgIpc) is 2.94. The van der Waals surface area contributed by atoms with E-state index in [1.165, 1.54) is 0 Å². The summed E-state index contributed by atoms with van der Waals surface area (Å²) < 4.78 is 0. The molecule has 1 rings (SSSR count). The molecule has 0 bridgehead atoms. The molecule has 134 valence electrons. The van der Waals surface area contributed by atoms with Crippen LogP contribution in [-0.2, 0) is 5.60 Å². The molecule has 0 saturated heterocycles. The van der Waals surface area contributed by atoms with Crippen molar-refractivity contribution in [3.63, 3.8) is 0 Å². The van der Waals surface area contributed by atoms with Crippen LogP contribution in [0.4, 0.5) is 0 Å². The third-order valence-corrected chi connectivity index (χ3v) is 3.79. The maximum absolute atomic E-state index is 10.5. The standard InChI is InChI=1S/C16H30N4OS.HI/c1-6-17-14(18-8-9-20-15(2,3)4)19-12-16(5,21)13-7-10-22-11-13;/h7,10-11,20-21H,6,8-9,12H2,1-5H3,(H2,17,18,19);1H. The van der Waals surface area contributed by atoms with Gasteiger partial charge in [0.25, 0.3) is 0 Å². The molecule has 0 fully saturated rings. The Kier molecular flexibility index (Phi) is 10.3. The highest BCUT2D eigenvalue weighted by Gasteiger charge is 2.23. The van der Waals surface area contributed by atoms with Gasteiger partial charge in [0.2, 0.25) is 0 Å². The Hall–Kier alpha value is -0.380. The Morgan fingerprint density at radius 2 is 1.91 bits per heavy atom. The maximum Gasteiger partial charge on any atom is 0.191 e. The van der Waals surface area contributed by atoms with Crippen molar-refractivity contribution in [1.82, 2.24) is 16.0 Å². The van der Waals surface area contributed by atoms with Crippen molar-refractivity contribution in [1.29, 1.82) is 0 Å². The molecule has 1 unspecified atom stereocenters. The minimum absolute atomic E-state index is 0. The van der Waals surface area contributed by atoms with Crippen LogP contribution in [0.3, 0.4) is 0 Å². The number of hydrogen-bond acceptors (Lipinski definition) is 4. The third-order valence-electron chi connectivity index (χ3n) is 3.11. The third kappa shape index (κ3) is 9.49. The lowest BCUT2D eigenvalue weighted by Crippen LogP contribution is -2.45. The van der Waals surface area contributed by atoms with E-state index in [0.717, 1.165) is 31.2 Å². The molecule has 7 heteroatoms. The first-order valence-electron chi connectivity index (χ1n) is 7.77. The molecule has 5 nitrogen and oxygen atoms in total. The molecule has 0 aromatic carbocycles. The number of guanidine groups is 1. The van der Waals surface area contributed by atoms with Crippen molar-refractivity contribution in [2.45, 2.75) is 45.8 Å². The number of hydrogen-bond donors (Lipinski definition) is 4. The molecule has 0 saturated carbocycles. The van der Waals surface area contributed by atoms with Gasteiger partial charge in [-0.25, -0.2) is 4.99 Å². The molecule has 1 atom stereocenters. The van der Waals surface area contributed by atoms with Crippen molar-refractivity contribution in [3.8, 4) is 0 Å². The van der Waals surface area contributed by atoms with Gasteiger partial charge in [0.05, 0.1) is 6.54 Å². The smallest absolute Gasteiger partial charge is 0.191 e. The first-order chi connectivity index (χ1) is 10.2. The first kappa shape index (κ1) is 22.6. The van der Waals surface area contributed by atoms with Crippen LogP contribution in [-0.4, -0.2) is 42.8 Å². The fraction of sp³-hybridized carbons (Fsp3) is 0.688. The number of aliphatic hydroxyl groups is 1. The van der Waals surface area contributed by atoms with Gasteiger partial charge in [0.1, 0.15) is 5.60 Å². The van der Waals surface area contributed by atoms with E-state index in [0.29, 0.717) is 6.54 Å². The Labute approximate surface area is 161 Å². The molecule has 0 aliphatic heterocycles. The van der Waals surface area contributed by atoms with E-state index in [1.54, 1.807) is 18.3 Å². The maximum atomic E-state index is 10.5. The fourth-order valence-electron chi connectivity index (χ4n) is 1.86. The van der Waals surface area contributed by atoms with Crippen molar-refractivity contribution < 1.29 is 5.11 Å². The molecule has 1 aromatic rings. The quantitative estimate of drug-likeness (QED) is 0.221. The molecule has 0 spiro atoms. The second kappa shape index (κ2) is 10.5. The Balaban J connectivity index is 0.00000484. The van der Waals surface area contributed by atoms with E-state index in [9.17, 15) is 5.11 Å². The summed E-state index contributed by atoms with van der Waals surface area (Å²) in [5.74, 6) is 0.730. The van der Waals surface area contributed by atoms with Crippen molar-refractivity contribution in [3.05, 3.63) is 22.4 Å². The van der Waals surface area contributed by atoms with E-state index in [1.807, 2.05) is 23.8 Å². The largest absolute Gasteiger partial charge is 0.383 e. The van der Waals surface area contributed by atoms with Gasteiger partial charge in [-0.05, 0) is 57.0 Å². The van der Waals surface area contributed by atoms with E-state index in [4.69, 9.17) is 0 Å². The van der Waals surface area contributed by atoms with Gasteiger partial charge in [0.15, 0.2) is 5.96 Å². The lowest BCUT2D eigenvalue weighted by molar-refractivity contribution is 0.0677. The summed E-state index contributed by atoms with van der Waals surface area (Å²) in [5, 5.41) is 24.3. The van der Waals surface area contributed by atoms with Crippen LogP contribution in [0, 0.1) is 0 Å². The first-order valence-corrected chi connectivity index (χ1v) is 8.71. The van der Waals surface area contributed by atoms with E-state index in [2.05, 4.69) is 41.7 Å². The van der Waals surface area contributed by atoms with Crippen LogP contribution in [0.15, 0.2) is 21.8 Å². The monoisotopic (exact) mass is 454 g/mol. The zero-order valence-electron chi connectivity index (χ0n) is 14.8. The van der Waals surface area contributed by atoms with Gasteiger partial charge in [0, 0.05) is 25.2 Å². The van der Waals surface area contributed by atoms with E-state index < -0.39 is 5.60 Å². The van der Waals surface area contributed by atoms with Crippen LogP contribution in [0.25, 0.3) is 0 Å². The van der Waals surface area contributed by atoms with E-state index in [-0.39, 0.29) is 29.5 Å². The molecule has 0 aliphatic rings. The molecule has 0 aliphatic carbocycles. The number of nitrogens with zero attached hydrogens (tertiary/aromatic N) is 1. The molecule has 1 heterocycles. The minimum Gasteiger partial charge on any atom is -0.383 e. The number of thiophene rings is 1. The average molecular weight is 454 g/mol. The number of halogens is 1. The molecule has 0 amide bonds. The highest BCUT2D eigenvalue weighted by atomic mass is 127. The summed E-state index contributed by atoms with van der Waals surface area (Å²) in [6.45, 7) is 13.0. The zero-order valence-corrected chi connectivity index (χ0v) is 17.9. The van der Waals surface area contributed by atoms with Crippen molar-refractivity contribution >= 4 is 41.3 Å². The number of rotatable bonds is 7. The van der Waals surface area contributed by atoms with Gasteiger partial charge in [-0.15, -0.1) is 24.0 Å². The zero-order chi connectivity index (χ0) is 16.6. The predicted octanol–water partition coefficient (Wildman–Crippen LogP) is 2.52. The Morgan fingerprint density at radius 1 is 1.22 bits per heavy atom. The lowest BCUT2D eigenvalue weighted by atomic mass is 10.00. The van der Waals surface area contributed by atoms with Crippen molar-refractivity contribution in [2.75, 3.05) is 26.2 Å². The van der Waals surface area contributed by atoms with Gasteiger partial charge >= 0.3 is 0 Å². The Bertz CT molecular complexity index is 455. The summed E-state index contributed by atoms with van der Waals surface area (Å²) in [4.78, 5) is 4.50. The van der Waals surface area contributed by atoms with Crippen LogP contribution >= 0.6 is 35.3 Å². The summed E-state index contributed by atoms with van der Waals surface area (Å²) in [6, 6.07) is 1.94. The molecule has 0 radical (unpaired) electrons. The second-order valence-corrected chi connectivity index (χ2v) is 7.36. The predicted molar refractivity (Wildman–Crippen MR) is 111 cm³/mol.